The predicted molar refractivity (Wildman–Crippen MR) is 53.2 cm³/mol. The zero-order valence-corrected chi connectivity index (χ0v) is 8.40. The third-order valence-electron chi connectivity index (χ3n) is 1.71. The minimum atomic E-state index is 0.358. The normalized spacial score (nSPS) is 14.1. The maximum atomic E-state index is 5.80. The lowest BCUT2D eigenvalue weighted by molar-refractivity contribution is 0.641. The monoisotopic (exact) mass is 174 g/mol. The van der Waals surface area contributed by atoms with E-state index >= 15 is 0 Å². The van der Waals surface area contributed by atoms with Crippen molar-refractivity contribution in [1.82, 2.24) is 0 Å². The summed E-state index contributed by atoms with van der Waals surface area (Å²) in [7, 11) is 0. The number of hydrogen-bond acceptors (Lipinski definition) is 0. The molecule has 0 aliphatic rings. The van der Waals surface area contributed by atoms with Crippen molar-refractivity contribution >= 4 is 11.6 Å². The molecule has 0 N–H and O–H groups in total. The molecule has 66 valence electrons. The Kier molecular flexibility index (Phi) is 8.15. The van der Waals surface area contributed by atoms with Crippen molar-refractivity contribution in [3.05, 3.63) is 12.2 Å². The molecule has 0 heterocycles. The molecule has 1 heteroatoms. The summed E-state index contributed by atoms with van der Waals surface area (Å²) in [5.41, 5.74) is 0. The molecule has 0 aromatic carbocycles. The molecule has 0 radical (unpaired) electrons. The second kappa shape index (κ2) is 8.13. The molecule has 0 spiro atoms. The zero-order valence-electron chi connectivity index (χ0n) is 7.65. The Bertz CT molecular complexity index is 95.0. The zero-order chi connectivity index (χ0) is 8.53. The highest BCUT2D eigenvalue weighted by atomic mass is 35.5. The van der Waals surface area contributed by atoms with Crippen molar-refractivity contribution in [3.63, 3.8) is 0 Å². The first-order chi connectivity index (χ1) is 5.27. The summed E-state index contributed by atoms with van der Waals surface area (Å²) in [6, 6.07) is 0. The largest absolute Gasteiger partial charge is 0.123 e. The molecule has 0 aromatic heterocycles. The van der Waals surface area contributed by atoms with Crippen molar-refractivity contribution in [2.75, 3.05) is 0 Å². The summed E-state index contributed by atoms with van der Waals surface area (Å²) in [6.07, 6.45) is 10.6. The van der Waals surface area contributed by atoms with Crippen molar-refractivity contribution in [1.29, 1.82) is 0 Å². The van der Waals surface area contributed by atoms with Gasteiger partial charge in [-0.3, -0.25) is 0 Å². The third-order valence-corrected chi connectivity index (χ3v) is 1.93. The number of alkyl halides is 1. The average Bonchev–Trinajstić information content (AvgIpc) is 1.96. The van der Waals surface area contributed by atoms with Gasteiger partial charge in [-0.25, -0.2) is 0 Å². The fourth-order valence-corrected chi connectivity index (χ4v) is 1.19. The second-order valence-corrected chi connectivity index (χ2v) is 3.73. The van der Waals surface area contributed by atoms with E-state index in [4.69, 9.17) is 11.6 Å². The van der Waals surface area contributed by atoms with E-state index in [0.717, 1.165) is 6.42 Å². The van der Waals surface area contributed by atoms with Crippen molar-refractivity contribution < 1.29 is 0 Å². The van der Waals surface area contributed by atoms with Crippen LogP contribution in [0.5, 0.6) is 0 Å². The van der Waals surface area contributed by atoms with Crippen LogP contribution in [0.3, 0.4) is 0 Å². The van der Waals surface area contributed by atoms with Gasteiger partial charge in [0.05, 0.1) is 0 Å². The van der Waals surface area contributed by atoms with Gasteiger partial charge in [0.25, 0.3) is 0 Å². The number of unbranched alkanes of at least 4 members (excludes halogenated alkanes) is 3. The molecule has 1 unspecified atom stereocenters. The number of allylic oxidation sites excluding steroid dienone is 2. The molecule has 0 aliphatic carbocycles. The molecule has 0 bridgehead atoms. The Morgan fingerprint density at radius 2 is 2.00 bits per heavy atom. The summed E-state index contributed by atoms with van der Waals surface area (Å²) in [6.45, 7) is 4.13. The van der Waals surface area contributed by atoms with Crippen molar-refractivity contribution in [2.45, 2.75) is 51.3 Å². The number of halogens is 1. The van der Waals surface area contributed by atoms with Gasteiger partial charge in [-0.15, -0.1) is 11.6 Å². The first-order valence-corrected chi connectivity index (χ1v) is 4.96. The summed E-state index contributed by atoms with van der Waals surface area (Å²) >= 11 is 5.80. The van der Waals surface area contributed by atoms with Gasteiger partial charge in [0.15, 0.2) is 0 Å². The van der Waals surface area contributed by atoms with Gasteiger partial charge in [-0.1, -0.05) is 25.0 Å². The Morgan fingerprint density at radius 1 is 1.27 bits per heavy atom. The maximum absolute atomic E-state index is 5.80. The van der Waals surface area contributed by atoms with Crippen LogP contribution in [-0.4, -0.2) is 5.38 Å². The fraction of sp³-hybridized carbons (Fsp3) is 0.800. The number of rotatable bonds is 6. The Labute approximate surface area is 75.6 Å². The molecule has 0 nitrogen and oxygen atoms in total. The van der Waals surface area contributed by atoms with E-state index in [1.54, 1.807) is 0 Å². The molecule has 1 atom stereocenters. The van der Waals surface area contributed by atoms with Crippen LogP contribution in [0.1, 0.15) is 46.0 Å². The van der Waals surface area contributed by atoms with Gasteiger partial charge in [-0.05, 0) is 33.1 Å². The summed E-state index contributed by atoms with van der Waals surface area (Å²) < 4.78 is 0. The molecular weight excluding hydrogens is 156 g/mol. The van der Waals surface area contributed by atoms with Crippen LogP contribution in [0.2, 0.25) is 0 Å². The SMILES string of the molecule is C/C=C/CCCCCC(C)Cl. The molecule has 0 saturated heterocycles. The van der Waals surface area contributed by atoms with Crippen LogP contribution in [-0.2, 0) is 0 Å². The van der Waals surface area contributed by atoms with E-state index in [-0.39, 0.29) is 0 Å². The molecule has 0 fully saturated rings. The highest BCUT2D eigenvalue weighted by Gasteiger charge is 1.94. The van der Waals surface area contributed by atoms with Gasteiger partial charge < -0.3 is 0 Å². The lowest BCUT2D eigenvalue weighted by atomic mass is 10.1. The fourth-order valence-electron chi connectivity index (χ4n) is 1.03. The number of hydrogen-bond donors (Lipinski definition) is 0. The molecule has 0 aliphatic heterocycles. The van der Waals surface area contributed by atoms with Crippen LogP contribution in [0.25, 0.3) is 0 Å². The van der Waals surface area contributed by atoms with Crippen LogP contribution in [0, 0.1) is 0 Å². The van der Waals surface area contributed by atoms with Gasteiger partial charge >= 0.3 is 0 Å². The lowest BCUT2D eigenvalue weighted by Crippen LogP contribution is -1.89. The van der Waals surface area contributed by atoms with Crippen LogP contribution in [0.15, 0.2) is 12.2 Å². The third kappa shape index (κ3) is 10.0. The van der Waals surface area contributed by atoms with Crippen molar-refractivity contribution in [3.8, 4) is 0 Å². The smallest absolute Gasteiger partial charge is 0.0307 e. The summed E-state index contributed by atoms with van der Waals surface area (Å²) in [5, 5.41) is 0.358. The second-order valence-electron chi connectivity index (χ2n) is 2.99. The van der Waals surface area contributed by atoms with Gasteiger partial charge in [-0.2, -0.15) is 0 Å². The predicted octanol–water partition coefficient (Wildman–Crippen LogP) is 4.14. The first kappa shape index (κ1) is 11.0. The molecule has 0 amide bonds. The molecule has 0 saturated carbocycles. The van der Waals surface area contributed by atoms with E-state index in [1.807, 2.05) is 0 Å². The Morgan fingerprint density at radius 3 is 2.55 bits per heavy atom. The minimum Gasteiger partial charge on any atom is -0.123 e. The van der Waals surface area contributed by atoms with Gasteiger partial charge in [0.1, 0.15) is 0 Å². The molecule has 11 heavy (non-hydrogen) atoms. The molecule has 0 rings (SSSR count). The van der Waals surface area contributed by atoms with E-state index in [9.17, 15) is 0 Å². The quantitative estimate of drug-likeness (QED) is 0.323. The van der Waals surface area contributed by atoms with Gasteiger partial charge in [0.2, 0.25) is 0 Å². The highest BCUT2D eigenvalue weighted by Crippen LogP contribution is 2.09. The Hall–Kier alpha value is 0.0300. The van der Waals surface area contributed by atoms with E-state index in [0.29, 0.717) is 5.38 Å². The van der Waals surface area contributed by atoms with Crippen LogP contribution < -0.4 is 0 Å². The summed E-state index contributed by atoms with van der Waals surface area (Å²) in [5.74, 6) is 0. The topological polar surface area (TPSA) is 0 Å². The first-order valence-electron chi connectivity index (χ1n) is 4.52. The van der Waals surface area contributed by atoms with Gasteiger partial charge in [0, 0.05) is 5.38 Å². The lowest BCUT2D eigenvalue weighted by Gasteiger charge is -2.00. The summed E-state index contributed by atoms with van der Waals surface area (Å²) in [4.78, 5) is 0. The highest BCUT2D eigenvalue weighted by molar-refractivity contribution is 6.20. The molecular formula is C10H19Cl. The Balaban J connectivity index is 2.91. The van der Waals surface area contributed by atoms with E-state index < -0.39 is 0 Å². The average molecular weight is 175 g/mol. The minimum absolute atomic E-state index is 0.358. The standard InChI is InChI=1S/C10H19Cl/c1-3-4-5-6-7-8-9-10(2)11/h3-4,10H,5-9H2,1-2H3/b4-3+. The maximum Gasteiger partial charge on any atom is 0.0307 e. The van der Waals surface area contributed by atoms with Crippen LogP contribution in [0.4, 0.5) is 0 Å². The van der Waals surface area contributed by atoms with E-state index in [1.165, 1.54) is 25.7 Å². The van der Waals surface area contributed by atoms with E-state index in [2.05, 4.69) is 26.0 Å². The molecule has 0 aromatic rings. The van der Waals surface area contributed by atoms with Crippen molar-refractivity contribution in [2.24, 2.45) is 0 Å². The van der Waals surface area contributed by atoms with Crippen LogP contribution >= 0.6 is 11.6 Å².